The maximum atomic E-state index is 12.5. The highest BCUT2D eigenvalue weighted by Gasteiger charge is 2.14. The molecule has 0 saturated heterocycles. The number of sulfonamides is 1. The molecule has 0 fully saturated rings. The van der Waals surface area contributed by atoms with E-state index in [4.69, 9.17) is 4.74 Å². The highest BCUT2D eigenvalue weighted by Crippen LogP contribution is 2.22. The molecule has 6 nitrogen and oxygen atoms in total. The fourth-order valence-corrected chi connectivity index (χ4v) is 3.89. The van der Waals surface area contributed by atoms with Crippen molar-refractivity contribution in [2.45, 2.75) is 11.8 Å². The standard InChI is InChI=1S/C21H19BrN2O4S/c1-15-6-8-16(9-7-15)24-29(26,27)18-12-10-17(11-13-18)28-14-21(25)23-20-5-3-2-4-19(20)22/h2-13,24H,14H2,1H3,(H,23,25). The van der Waals surface area contributed by atoms with Gasteiger partial charge in [0.1, 0.15) is 5.75 Å². The number of carbonyl (C=O) groups is 1. The summed E-state index contributed by atoms with van der Waals surface area (Å²) in [5.74, 6) is 0.0659. The summed E-state index contributed by atoms with van der Waals surface area (Å²) in [6, 6.07) is 20.2. The van der Waals surface area contributed by atoms with E-state index in [-0.39, 0.29) is 17.4 Å². The molecule has 3 aromatic rings. The van der Waals surface area contributed by atoms with Crippen LogP contribution < -0.4 is 14.8 Å². The topological polar surface area (TPSA) is 84.5 Å². The second-order valence-corrected chi connectivity index (χ2v) is 8.80. The molecule has 2 N–H and O–H groups in total. The number of halogens is 1. The first-order valence-electron chi connectivity index (χ1n) is 8.70. The number of hydrogen-bond acceptors (Lipinski definition) is 4. The summed E-state index contributed by atoms with van der Waals surface area (Å²) < 4.78 is 33.7. The molecule has 0 aliphatic carbocycles. The monoisotopic (exact) mass is 474 g/mol. The van der Waals surface area contributed by atoms with Crippen LogP contribution in [0.2, 0.25) is 0 Å². The van der Waals surface area contributed by atoms with Gasteiger partial charge in [0.2, 0.25) is 0 Å². The Balaban J connectivity index is 1.58. The molecule has 0 atom stereocenters. The van der Waals surface area contributed by atoms with Gasteiger partial charge in [0.15, 0.2) is 6.61 Å². The van der Waals surface area contributed by atoms with Crippen molar-refractivity contribution in [3.63, 3.8) is 0 Å². The first-order chi connectivity index (χ1) is 13.8. The maximum absolute atomic E-state index is 12.5. The molecule has 0 bridgehead atoms. The molecule has 0 radical (unpaired) electrons. The maximum Gasteiger partial charge on any atom is 0.262 e. The molecule has 0 aromatic heterocycles. The van der Waals surface area contributed by atoms with Gasteiger partial charge in [0.05, 0.1) is 10.6 Å². The Morgan fingerprint density at radius 1 is 0.966 bits per heavy atom. The van der Waals surface area contributed by atoms with Crippen molar-refractivity contribution in [1.29, 1.82) is 0 Å². The van der Waals surface area contributed by atoms with Gasteiger partial charge in [0.25, 0.3) is 15.9 Å². The predicted octanol–water partition coefficient (Wildman–Crippen LogP) is 4.58. The summed E-state index contributed by atoms with van der Waals surface area (Å²) in [4.78, 5) is 12.1. The van der Waals surface area contributed by atoms with Crippen LogP contribution >= 0.6 is 15.9 Å². The molecule has 1 amide bonds. The van der Waals surface area contributed by atoms with E-state index < -0.39 is 10.0 Å². The number of aryl methyl sites for hydroxylation is 1. The minimum Gasteiger partial charge on any atom is -0.484 e. The van der Waals surface area contributed by atoms with Gasteiger partial charge in [-0.1, -0.05) is 29.8 Å². The van der Waals surface area contributed by atoms with Crippen molar-refractivity contribution in [3.8, 4) is 5.75 Å². The van der Waals surface area contributed by atoms with Crippen LogP contribution in [0.5, 0.6) is 5.75 Å². The average Bonchev–Trinajstić information content (AvgIpc) is 2.70. The van der Waals surface area contributed by atoms with Gasteiger partial charge in [-0.05, 0) is 71.4 Å². The summed E-state index contributed by atoms with van der Waals surface area (Å²) >= 11 is 3.36. The number of ether oxygens (including phenoxy) is 1. The lowest BCUT2D eigenvalue weighted by Crippen LogP contribution is -2.20. The fraction of sp³-hybridized carbons (Fsp3) is 0.0952. The summed E-state index contributed by atoms with van der Waals surface area (Å²) in [7, 11) is -3.71. The average molecular weight is 475 g/mol. The molecular weight excluding hydrogens is 456 g/mol. The predicted molar refractivity (Wildman–Crippen MR) is 117 cm³/mol. The van der Waals surface area contributed by atoms with E-state index in [1.165, 1.54) is 24.3 Å². The number of anilines is 2. The van der Waals surface area contributed by atoms with Crippen molar-refractivity contribution in [1.82, 2.24) is 0 Å². The van der Waals surface area contributed by atoms with Crippen LogP contribution in [-0.2, 0) is 14.8 Å². The first-order valence-corrected chi connectivity index (χ1v) is 11.0. The molecule has 0 heterocycles. The minimum absolute atomic E-state index is 0.100. The summed E-state index contributed by atoms with van der Waals surface area (Å²) in [5.41, 5.74) is 2.17. The summed E-state index contributed by atoms with van der Waals surface area (Å²) in [6.45, 7) is 1.73. The zero-order valence-electron chi connectivity index (χ0n) is 15.6. The van der Waals surface area contributed by atoms with Gasteiger partial charge in [-0.15, -0.1) is 0 Å². The Hall–Kier alpha value is -2.84. The Morgan fingerprint density at radius 3 is 2.28 bits per heavy atom. The number of nitrogens with one attached hydrogen (secondary N) is 2. The number of carbonyl (C=O) groups excluding carboxylic acids is 1. The van der Waals surface area contributed by atoms with Crippen LogP contribution in [-0.4, -0.2) is 20.9 Å². The molecule has 8 heteroatoms. The molecule has 0 saturated carbocycles. The lowest BCUT2D eigenvalue weighted by atomic mass is 10.2. The Bertz CT molecular complexity index is 1100. The SMILES string of the molecule is Cc1ccc(NS(=O)(=O)c2ccc(OCC(=O)Nc3ccccc3Br)cc2)cc1. The number of rotatable bonds is 7. The third-order valence-electron chi connectivity index (χ3n) is 3.96. The van der Waals surface area contributed by atoms with Gasteiger partial charge in [-0.25, -0.2) is 8.42 Å². The lowest BCUT2D eigenvalue weighted by Gasteiger charge is -2.10. The van der Waals surface area contributed by atoms with E-state index in [9.17, 15) is 13.2 Å². The zero-order valence-corrected chi connectivity index (χ0v) is 18.0. The van der Waals surface area contributed by atoms with Crippen molar-refractivity contribution >= 4 is 43.2 Å². The second kappa shape index (κ2) is 9.11. The van der Waals surface area contributed by atoms with Crippen LogP contribution in [0.15, 0.2) is 82.2 Å². The lowest BCUT2D eigenvalue weighted by molar-refractivity contribution is -0.118. The quantitative estimate of drug-likeness (QED) is 0.524. The Labute approximate surface area is 178 Å². The number of hydrogen-bond donors (Lipinski definition) is 2. The van der Waals surface area contributed by atoms with E-state index in [0.29, 0.717) is 17.1 Å². The van der Waals surface area contributed by atoms with Crippen molar-refractivity contribution in [2.24, 2.45) is 0 Å². The number of benzene rings is 3. The molecule has 0 spiro atoms. The Kier molecular flexibility index (Phi) is 6.56. The highest BCUT2D eigenvalue weighted by atomic mass is 79.9. The van der Waals surface area contributed by atoms with Gasteiger partial charge in [-0.2, -0.15) is 0 Å². The van der Waals surface area contributed by atoms with Crippen molar-refractivity contribution in [2.75, 3.05) is 16.6 Å². The fourth-order valence-electron chi connectivity index (χ4n) is 2.45. The number of amides is 1. The second-order valence-electron chi connectivity index (χ2n) is 6.26. The van der Waals surface area contributed by atoms with Gasteiger partial charge in [0, 0.05) is 10.2 Å². The molecule has 150 valence electrons. The van der Waals surface area contributed by atoms with Crippen LogP contribution in [0.1, 0.15) is 5.56 Å². The zero-order chi connectivity index (χ0) is 20.9. The van der Waals surface area contributed by atoms with Crippen LogP contribution in [0.4, 0.5) is 11.4 Å². The molecule has 0 aliphatic heterocycles. The molecule has 0 aliphatic rings. The third-order valence-corrected chi connectivity index (χ3v) is 6.04. The van der Waals surface area contributed by atoms with Crippen molar-refractivity contribution in [3.05, 3.63) is 82.8 Å². The highest BCUT2D eigenvalue weighted by molar-refractivity contribution is 9.10. The molecule has 3 rings (SSSR count). The Morgan fingerprint density at radius 2 is 1.62 bits per heavy atom. The third kappa shape index (κ3) is 5.82. The first kappa shape index (κ1) is 20.9. The van der Waals surface area contributed by atoms with Gasteiger partial charge in [-0.3, -0.25) is 9.52 Å². The summed E-state index contributed by atoms with van der Waals surface area (Å²) in [5, 5.41) is 2.73. The molecule has 0 unspecified atom stereocenters. The summed E-state index contributed by atoms with van der Waals surface area (Å²) in [6.07, 6.45) is 0. The van der Waals surface area contributed by atoms with E-state index in [1.807, 2.05) is 37.3 Å². The van der Waals surface area contributed by atoms with E-state index in [0.717, 1.165) is 10.0 Å². The number of para-hydroxylation sites is 1. The molecule has 29 heavy (non-hydrogen) atoms. The van der Waals surface area contributed by atoms with Crippen LogP contribution in [0.3, 0.4) is 0 Å². The largest absolute Gasteiger partial charge is 0.484 e. The van der Waals surface area contributed by atoms with Crippen molar-refractivity contribution < 1.29 is 17.9 Å². The molecular formula is C21H19BrN2O4S. The smallest absolute Gasteiger partial charge is 0.262 e. The van der Waals surface area contributed by atoms with Gasteiger partial charge < -0.3 is 10.1 Å². The van der Waals surface area contributed by atoms with Crippen LogP contribution in [0.25, 0.3) is 0 Å². The van der Waals surface area contributed by atoms with Gasteiger partial charge >= 0.3 is 0 Å². The minimum atomic E-state index is -3.71. The van der Waals surface area contributed by atoms with E-state index >= 15 is 0 Å². The normalized spacial score (nSPS) is 11.0. The van der Waals surface area contributed by atoms with E-state index in [1.54, 1.807) is 18.2 Å². The van der Waals surface area contributed by atoms with Crippen LogP contribution in [0, 0.1) is 6.92 Å². The van der Waals surface area contributed by atoms with E-state index in [2.05, 4.69) is 26.0 Å². The molecule has 3 aromatic carbocycles.